The van der Waals surface area contributed by atoms with Gasteiger partial charge in [0.25, 0.3) is 11.8 Å². The highest BCUT2D eigenvalue weighted by atomic mass is 16.2. The Morgan fingerprint density at radius 1 is 0.559 bits per heavy atom. The summed E-state index contributed by atoms with van der Waals surface area (Å²) in [5, 5.41) is 5.86. The summed E-state index contributed by atoms with van der Waals surface area (Å²) in [5.74, 6) is -0.510. The Labute approximate surface area is 198 Å². The number of allylic oxidation sites excluding steroid dienone is 4. The van der Waals surface area contributed by atoms with Crippen molar-refractivity contribution >= 4 is 28.8 Å². The van der Waals surface area contributed by atoms with Gasteiger partial charge in [-0.1, -0.05) is 97.1 Å². The molecule has 2 heterocycles. The van der Waals surface area contributed by atoms with Gasteiger partial charge in [-0.3, -0.25) is 9.59 Å². The van der Waals surface area contributed by atoms with Crippen molar-refractivity contribution in [1.29, 1.82) is 0 Å². The minimum Gasteiger partial charge on any atom is -0.321 e. The number of hydrogen-bond donors (Lipinski definition) is 2. The Hall–Kier alpha value is -4.44. The van der Waals surface area contributed by atoms with E-state index in [9.17, 15) is 9.59 Å². The maximum Gasteiger partial charge on any atom is 0.258 e. The van der Waals surface area contributed by atoms with Crippen LogP contribution in [0.5, 0.6) is 0 Å². The highest BCUT2D eigenvalue weighted by Crippen LogP contribution is 2.38. The third kappa shape index (κ3) is 3.41. The van der Waals surface area contributed by atoms with Crippen molar-refractivity contribution in [2.45, 2.75) is 12.8 Å². The van der Waals surface area contributed by atoms with E-state index < -0.39 is 0 Å². The molecule has 1 aliphatic carbocycles. The lowest BCUT2D eigenvalue weighted by Gasteiger charge is -2.11. The van der Waals surface area contributed by atoms with Crippen molar-refractivity contribution in [3.05, 3.63) is 125 Å². The number of benzene rings is 3. The number of amides is 2. The number of fused-ring (bicyclic) bond motifs is 1. The summed E-state index contributed by atoms with van der Waals surface area (Å²) < 4.78 is 0. The van der Waals surface area contributed by atoms with Crippen LogP contribution in [-0.4, -0.2) is 11.8 Å². The molecule has 0 fully saturated rings. The first kappa shape index (κ1) is 20.2. The number of carbonyl (C=O) groups is 2. The quantitative estimate of drug-likeness (QED) is 0.563. The average molecular weight is 443 g/mol. The largest absolute Gasteiger partial charge is 0.321 e. The van der Waals surface area contributed by atoms with Crippen LogP contribution in [0.15, 0.2) is 108 Å². The molecule has 0 aromatic heterocycles. The SMILES string of the molecule is O=C1NC(c2ccc(-c3ccccc3)cc2)=C2C(=O)NC(c3ccc(C4=CC=CCC4)cc3)=C12. The molecule has 6 rings (SSSR count). The van der Waals surface area contributed by atoms with Gasteiger partial charge in [-0.2, -0.15) is 0 Å². The highest BCUT2D eigenvalue weighted by molar-refractivity contribution is 6.30. The van der Waals surface area contributed by atoms with E-state index in [4.69, 9.17) is 0 Å². The van der Waals surface area contributed by atoms with Crippen LogP contribution in [0.1, 0.15) is 29.5 Å². The molecule has 0 saturated heterocycles. The van der Waals surface area contributed by atoms with Crippen LogP contribution < -0.4 is 10.6 Å². The molecular weight excluding hydrogens is 420 g/mol. The van der Waals surface area contributed by atoms with Crippen molar-refractivity contribution in [2.75, 3.05) is 0 Å². The molecule has 0 unspecified atom stereocenters. The summed E-state index contributed by atoms with van der Waals surface area (Å²) in [5.41, 5.74) is 8.24. The van der Waals surface area contributed by atoms with Crippen LogP contribution in [-0.2, 0) is 9.59 Å². The van der Waals surface area contributed by atoms with Gasteiger partial charge in [0.1, 0.15) is 0 Å². The van der Waals surface area contributed by atoms with Gasteiger partial charge in [0, 0.05) is 0 Å². The summed E-state index contributed by atoms with van der Waals surface area (Å²) in [6.45, 7) is 0. The van der Waals surface area contributed by atoms with Crippen molar-refractivity contribution in [3.8, 4) is 11.1 Å². The fourth-order valence-electron chi connectivity index (χ4n) is 4.77. The topological polar surface area (TPSA) is 58.2 Å². The van der Waals surface area contributed by atoms with Crippen LogP contribution in [0.25, 0.3) is 28.1 Å². The second-order valence-electron chi connectivity index (χ2n) is 8.59. The summed E-state index contributed by atoms with van der Waals surface area (Å²) in [4.78, 5) is 25.9. The molecular formula is C30H22N2O2. The van der Waals surface area contributed by atoms with Gasteiger partial charge in [0.05, 0.1) is 22.5 Å². The van der Waals surface area contributed by atoms with E-state index in [1.54, 1.807) is 0 Å². The van der Waals surface area contributed by atoms with E-state index >= 15 is 0 Å². The first-order chi connectivity index (χ1) is 16.7. The standard InChI is InChI=1S/C30H22N2O2/c33-29-25-26(28(32-29)24-17-13-22(14-18-24)20-9-5-2-6-10-20)30(34)31-27(25)23-15-11-21(12-16-23)19-7-3-1-4-8-19/h1-5,7-9,11-18H,6,10H2,(H,31,34)(H,32,33). The van der Waals surface area contributed by atoms with Crippen LogP contribution in [0.2, 0.25) is 0 Å². The Morgan fingerprint density at radius 2 is 1.06 bits per heavy atom. The van der Waals surface area contributed by atoms with E-state index in [0.29, 0.717) is 22.5 Å². The molecule has 3 aliphatic rings. The van der Waals surface area contributed by atoms with E-state index in [1.165, 1.54) is 5.57 Å². The number of rotatable bonds is 4. The molecule has 4 nitrogen and oxygen atoms in total. The van der Waals surface area contributed by atoms with Crippen molar-refractivity contribution in [1.82, 2.24) is 10.6 Å². The van der Waals surface area contributed by atoms with E-state index in [-0.39, 0.29) is 11.8 Å². The van der Waals surface area contributed by atoms with Gasteiger partial charge in [-0.15, -0.1) is 0 Å². The third-order valence-electron chi connectivity index (χ3n) is 6.52. The zero-order valence-electron chi connectivity index (χ0n) is 18.5. The minimum absolute atomic E-state index is 0.255. The van der Waals surface area contributed by atoms with Crippen molar-refractivity contribution < 1.29 is 9.59 Å². The van der Waals surface area contributed by atoms with E-state index in [1.807, 2.05) is 54.6 Å². The Bertz CT molecular complexity index is 1440. The van der Waals surface area contributed by atoms with Crippen molar-refractivity contribution in [3.63, 3.8) is 0 Å². The molecule has 2 amide bonds. The second kappa shape index (κ2) is 8.16. The first-order valence-electron chi connectivity index (χ1n) is 11.4. The van der Waals surface area contributed by atoms with Crippen LogP contribution in [0, 0.1) is 0 Å². The van der Waals surface area contributed by atoms with E-state index in [0.717, 1.165) is 40.7 Å². The van der Waals surface area contributed by atoms with Crippen LogP contribution in [0.4, 0.5) is 0 Å². The Kier molecular flexibility index (Phi) is 4.84. The lowest BCUT2D eigenvalue weighted by Crippen LogP contribution is -2.21. The maximum absolute atomic E-state index is 13.0. The zero-order chi connectivity index (χ0) is 23.1. The molecule has 0 bridgehead atoms. The summed E-state index contributed by atoms with van der Waals surface area (Å²) in [7, 11) is 0. The van der Waals surface area contributed by atoms with E-state index in [2.05, 4.69) is 53.1 Å². The predicted molar refractivity (Wildman–Crippen MR) is 135 cm³/mol. The molecule has 0 radical (unpaired) electrons. The Balaban J connectivity index is 1.36. The average Bonchev–Trinajstić information content (AvgIpc) is 3.43. The predicted octanol–water partition coefficient (Wildman–Crippen LogP) is 5.47. The summed E-state index contributed by atoms with van der Waals surface area (Å²) in [6.07, 6.45) is 8.45. The molecule has 0 saturated carbocycles. The third-order valence-corrected chi connectivity index (χ3v) is 6.52. The second-order valence-corrected chi connectivity index (χ2v) is 8.59. The molecule has 3 aromatic carbocycles. The molecule has 3 aromatic rings. The fourth-order valence-corrected chi connectivity index (χ4v) is 4.77. The van der Waals surface area contributed by atoms with Crippen LogP contribution in [0.3, 0.4) is 0 Å². The minimum atomic E-state index is -0.255. The van der Waals surface area contributed by atoms with Gasteiger partial charge < -0.3 is 10.6 Å². The van der Waals surface area contributed by atoms with Crippen molar-refractivity contribution in [2.24, 2.45) is 0 Å². The molecule has 0 atom stereocenters. The van der Waals surface area contributed by atoms with Gasteiger partial charge in [-0.05, 0) is 46.2 Å². The molecule has 34 heavy (non-hydrogen) atoms. The molecule has 164 valence electrons. The zero-order valence-corrected chi connectivity index (χ0v) is 18.5. The number of nitrogens with one attached hydrogen (secondary N) is 2. The molecule has 2 N–H and O–H groups in total. The number of carbonyl (C=O) groups excluding carboxylic acids is 2. The van der Waals surface area contributed by atoms with Gasteiger partial charge in [-0.25, -0.2) is 0 Å². The van der Waals surface area contributed by atoms with Crippen LogP contribution >= 0.6 is 0 Å². The first-order valence-corrected chi connectivity index (χ1v) is 11.4. The maximum atomic E-state index is 13.0. The van der Waals surface area contributed by atoms with Gasteiger partial charge >= 0.3 is 0 Å². The molecule has 0 spiro atoms. The number of hydrogen-bond acceptors (Lipinski definition) is 2. The lowest BCUT2D eigenvalue weighted by molar-refractivity contribution is -0.117. The van der Waals surface area contributed by atoms with Gasteiger partial charge in [0.2, 0.25) is 0 Å². The molecule has 4 heteroatoms. The Morgan fingerprint density at radius 3 is 1.59 bits per heavy atom. The molecule has 2 aliphatic heterocycles. The summed E-state index contributed by atoms with van der Waals surface area (Å²) in [6, 6.07) is 26.1. The monoisotopic (exact) mass is 442 g/mol. The van der Waals surface area contributed by atoms with Gasteiger partial charge in [0.15, 0.2) is 0 Å². The normalized spacial score (nSPS) is 17.0. The smallest absolute Gasteiger partial charge is 0.258 e. The fraction of sp³-hybridized carbons (Fsp3) is 0.0667. The highest BCUT2D eigenvalue weighted by Gasteiger charge is 2.40. The summed E-state index contributed by atoms with van der Waals surface area (Å²) >= 11 is 0. The lowest BCUT2D eigenvalue weighted by atomic mass is 9.95.